The molecular formula is C29H42FN3O5S. The lowest BCUT2D eigenvalue weighted by molar-refractivity contribution is -0.138. The predicted octanol–water partition coefficient (Wildman–Crippen LogP) is 4.38. The lowest BCUT2D eigenvalue weighted by Crippen LogP contribution is -2.46. The molecule has 2 N–H and O–H groups in total. The molecule has 10 heteroatoms. The number of allylic oxidation sites excluding steroid dienone is 1. The molecule has 0 bridgehead atoms. The molecule has 1 amide bonds. The van der Waals surface area contributed by atoms with E-state index in [9.17, 15) is 9.59 Å². The van der Waals surface area contributed by atoms with Gasteiger partial charge in [0.15, 0.2) is 5.17 Å². The number of nitrogens with one attached hydrogen (secondary N) is 1. The van der Waals surface area contributed by atoms with E-state index in [-0.39, 0.29) is 30.0 Å². The molecule has 0 aromatic carbocycles. The Bertz CT molecular complexity index is 982. The Balaban J connectivity index is 2.33. The molecular weight excluding hydrogens is 521 g/mol. The number of amides is 1. The number of rotatable bonds is 13. The Morgan fingerprint density at radius 1 is 1.26 bits per heavy atom. The standard InChI is InChI=1S/C29H42FN3O5S/c1-7-9-25(24(30)8-2)33(18-20-10-12-21(13-11-20)28(36)31-17-27(34)35)29(39-6)32-19(3)23-16-22(37-4)14-15-26(23)38-5/h7-10,12,14-15,20-26H,2-3,11,13,16-18H2,1,4-6H3,(H,31,36)(H,34,35)/b9-7-,32-29?/t20?,21-,22?,23?,24?,25?,26?/m1/s1. The summed E-state index contributed by atoms with van der Waals surface area (Å²) in [4.78, 5) is 29.9. The van der Waals surface area contributed by atoms with E-state index < -0.39 is 30.6 Å². The topological polar surface area (TPSA) is 100 Å². The van der Waals surface area contributed by atoms with Gasteiger partial charge in [0, 0.05) is 32.4 Å². The zero-order valence-corrected chi connectivity index (χ0v) is 24.1. The average molecular weight is 564 g/mol. The quantitative estimate of drug-likeness (QED) is 0.195. The molecule has 2 aliphatic carbocycles. The zero-order valence-electron chi connectivity index (χ0n) is 23.3. The van der Waals surface area contributed by atoms with Crippen molar-refractivity contribution in [2.24, 2.45) is 22.7 Å². The van der Waals surface area contributed by atoms with Gasteiger partial charge in [0.1, 0.15) is 12.7 Å². The van der Waals surface area contributed by atoms with Gasteiger partial charge in [-0.3, -0.25) is 9.59 Å². The van der Waals surface area contributed by atoms with E-state index in [4.69, 9.17) is 19.6 Å². The van der Waals surface area contributed by atoms with E-state index in [1.807, 2.05) is 48.5 Å². The third-order valence-electron chi connectivity index (χ3n) is 7.02. The Morgan fingerprint density at radius 2 is 2.00 bits per heavy atom. The van der Waals surface area contributed by atoms with E-state index >= 15 is 4.39 Å². The number of aliphatic carboxylic acids is 1. The number of halogens is 1. The van der Waals surface area contributed by atoms with Crippen LogP contribution in [0.5, 0.6) is 0 Å². The van der Waals surface area contributed by atoms with Crippen LogP contribution in [0.4, 0.5) is 4.39 Å². The number of hydrogen-bond acceptors (Lipinski definition) is 6. The molecule has 2 rings (SSSR count). The van der Waals surface area contributed by atoms with Gasteiger partial charge < -0.3 is 24.8 Å². The first-order valence-corrected chi connectivity index (χ1v) is 14.3. The fourth-order valence-electron chi connectivity index (χ4n) is 4.85. The maximum Gasteiger partial charge on any atom is 0.322 e. The maximum absolute atomic E-state index is 15.2. The molecule has 0 saturated carbocycles. The molecule has 0 fully saturated rings. The third-order valence-corrected chi connectivity index (χ3v) is 7.71. The molecule has 0 radical (unpaired) electrons. The Kier molecular flexibility index (Phi) is 13.7. The summed E-state index contributed by atoms with van der Waals surface area (Å²) in [7, 11) is 3.31. The van der Waals surface area contributed by atoms with Crippen LogP contribution in [-0.2, 0) is 19.1 Å². The highest BCUT2D eigenvalue weighted by Gasteiger charge is 2.32. The van der Waals surface area contributed by atoms with Crippen LogP contribution in [0.25, 0.3) is 0 Å². The smallest absolute Gasteiger partial charge is 0.322 e. The summed E-state index contributed by atoms with van der Waals surface area (Å²) in [6, 6.07) is -0.632. The van der Waals surface area contributed by atoms with Crippen molar-refractivity contribution in [1.82, 2.24) is 10.2 Å². The van der Waals surface area contributed by atoms with Crippen LogP contribution in [-0.4, -0.2) is 85.0 Å². The van der Waals surface area contributed by atoms with Crippen molar-refractivity contribution < 1.29 is 28.6 Å². The minimum Gasteiger partial charge on any atom is -0.480 e. The van der Waals surface area contributed by atoms with Crippen molar-refractivity contribution >= 4 is 28.8 Å². The number of carbonyl (C=O) groups is 2. The lowest BCUT2D eigenvalue weighted by Gasteiger charge is -2.37. The van der Waals surface area contributed by atoms with Crippen molar-refractivity contribution in [3.63, 3.8) is 0 Å². The Morgan fingerprint density at radius 3 is 2.54 bits per heavy atom. The maximum atomic E-state index is 15.2. The van der Waals surface area contributed by atoms with Crippen LogP contribution in [0.3, 0.4) is 0 Å². The van der Waals surface area contributed by atoms with Crippen molar-refractivity contribution in [3.05, 3.63) is 61.4 Å². The first kappa shape index (κ1) is 32.5. The number of alkyl halides is 1. The monoisotopic (exact) mass is 563 g/mol. The number of nitrogens with zero attached hydrogens (tertiary/aromatic N) is 2. The summed E-state index contributed by atoms with van der Waals surface area (Å²) >= 11 is 1.42. The average Bonchev–Trinajstić information content (AvgIpc) is 2.95. The number of thioether (sulfide) groups is 1. The summed E-state index contributed by atoms with van der Waals surface area (Å²) in [6.45, 7) is 9.84. The third kappa shape index (κ3) is 9.47. The molecule has 7 atom stereocenters. The van der Waals surface area contributed by atoms with Crippen LogP contribution in [0.1, 0.15) is 26.2 Å². The van der Waals surface area contributed by atoms with Gasteiger partial charge in [-0.2, -0.15) is 0 Å². The summed E-state index contributed by atoms with van der Waals surface area (Å²) in [6.07, 6.45) is 14.8. The van der Waals surface area contributed by atoms with Crippen LogP contribution < -0.4 is 5.32 Å². The highest BCUT2D eigenvalue weighted by Crippen LogP contribution is 2.32. The van der Waals surface area contributed by atoms with Gasteiger partial charge in [-0.15, -0.1) is 6.58 Å². The summed E-state index contributed by atoms with van der Waals surface area (Å²) in [5.74, 6) is -1.85. The summed E-state index contributed by atoms with van der Waals surface area (Å²) in [5.41, 5.74) is 0.630. The molecule has 2 aliphatic rings. The fourth-order valence-corrected chi connectivity index (χ4v) is 5.49. The fraction of sp³-hybridized carbons (Fsp3) is 0.552. The van der Waals surface area contributed by atoms with Crippen LogP contribution in [0, 0.1) is 17.8 Å². The van der Waals surface area contributed by atoms with E-state index in [0.717, 1.165) is 0 Å². The van der Waals surface area contributed by atoms with Crippen molar-refractivity contribution in [2.45, 2.75) is 50.6 Å². The molecule has 0 aromatic heterocycles. The molecule has 0 saturated heterocycles. The normalized spacial score (nSPS) is 26.7. The van der Waals surface area contributed by atoms with Gasteiger partial charge in [0.25, 0.3) is 0 Å². The first-order valence-electron chi connectivity index (χ1n) is 13.1. The van der Waals surface area contributed by atoms with E-state index in [1.54, 1.807) is 20.3 Å². The lowest BCUT2D eigenvalue weighted by atomic mass is 9.87. The second-order valence-corrected chi connectivity index (χ2v) is 10.4. The summed E-state index contributed by atoms with van der Waals surface area (Å²) in [5, 5.41) is 11.9. The predicted molar refractivity (Wildman–Crippen MR) is 155 cm³/mol. The van der Waals surface area contributed by atoms with Gasteiger partial charge in [-0.25, -0.2) is 9.38 Å². The summed E-state index contributed by atoms with van der Waals surface area (Å²) < 4.78 is 26.4. The molecule has 0 heterocycles. The number of carboxylic acids is 1. The minimum absolute atomic E-state index is 0.0334. The van der Waals surface area contributed by atoms with E-state index in [0.29, 0.717) is 36.7 Å². The number of hydrogen-bond donors (Lipinski definition) is 2. The van der Waals surface area contributed by atoms with Gasteiger partial charge in [-0.05, 0) is 38.4 Å². The molecule has 6 unspecified atom stereocenters. The van der Waals surface area contributed by atoms with Crippen LogP contribution in [0.15, 0.2) is 66.4 Å². The van der Waals surface area contributed by atoms with Gasteiger partial charge >= 0.3 is 5.97 Å². The Hall–Kier alpha value is -2.69. The van der Waals surface area contributed by atoms with Crippen molar-refractivity contribution in [1.29, 1.82) is 0 Å². The number of ether oxygens (including phenoxy) is 2. The van der Waals surface area contributed by atoms with Crippen LogP contribution in [0.2, 0.25) is 0 Å². The number of carboxylic acid groups (broad SMARTS) is 1. The SMILES string of the molecule is C=CC(F)C(/C=C\C)N(CC1C=C[C@@H](C(=O)NCC(=O)O)CC1)C(=NC(=C)C1CC(OC)C=CC1OC)SC. The van der Waals surface area contributed by atoms with E-state index in [2.05, 4.69) is 18.5 Å². The number of aliphatic imine (C=N–C) groups is 1. The molecule has 216 valence electrons. The minimum atomic E-state index is -1.34. The van der Waals surface area contributed by atoms with Gasteiger partial charge in [0.05, 0.1) is 24.2 Å². The molecule has 8 nitrogen and oxygen atoms in total. The number of carbonyl (C=O) groups excluding carboxylic acids is 1. The molecule has 0 aliphatic heterocycles. The largest absolute Gasteiger partial charge is 0.480 e. The van der Waals surface area contributed by atoms with Gasteiger partial charge in [-0.1, -0.05) is 60.9 Å². The Labute approximate surface area is 235 Å². The highest BCUT2D eigenvalue weighted by molar-refractivity contribution is 8.13. The second kappa shape index (κ2) is 16.4. The van der Waals surface area contributed by atoms with Crippen molar-refractivity contribution in [2.75, 3.05) is 33.6 Å². The van der Waals surface area contributed by atoms with Crippen molar-refractivity contribution in [3.8, 4) is 0 Å². The molecule has 0 aromatic rings. The second-order valence-electron chi connectivity index (χ2n) is 9.58. The molecule has 39 heavy (non-hydrogen) atoms. The zero-order chi connectivity index (χ0) is 28.9. The van der Waals surface area contributed by atoms with Gasteiger partial charge in [0.2, 0.25) is 5.91 Å². The van der Waals surface area contributed by atoms with E-state index in [1.165, 1.54) is 17.8 Å². The number of methoxy groups -OCH3 is 2. The first-order chi connectivity index (χ1) is 18.7. The van der Waals surface area contributed by atoms with Crippen LogP contribution >= 0.6 is 11.8 Å². The number of amidine groups is 1. The molecule has 0 spiro atoms. The highest BCUT2D eigenvalue weighted by atomic mass is 32.2.